The zero-order chi connectivity index (χ0) is 28.1. The summed E-state index contributed by atoms with van der Waals surface area (Å²) in [6, 6.07) is 16.1. The second-order valence-electron chi connectivity index (χ2n) is 9.75. The Morgan fingerprint density at radius 1 is 0.974 bits per heavy atom. The smallest absolute Gasteiger partial charge is 0.242 e. The highest BCUT2D eigenvalue weighted by atomic mass is 32.2. The third-order valence-corrected chi connectivity index (χ3v) is 7.34. The van der Waals surface area contributed by atoms with Gasteiger partial charge in [-0.05, 0) is 61.9 Å². The highest BCUT2D eigenvalue weighted by Crippen LogP contribution is 2.22. The van der Waals surface area contributed by atoms with Gasteiger partial charge in [-0.3, -0.25) is 13.9 Å². The van der Waals surface area contributed by atoms with E-state index in [0.29, 0.717) is 56.3 Å². The van der Waals surface area contributed by atoms with Crippen LogP contribution in [0.1, 0.15) is 52.5 Å². The molecule has 9 heteroatoms. The van der Waals surface area contributed by atoms with E-state index in [1.807, 2.05) is 58.0 Å². The highest BCUT2D eigenvalue weighted by Gasteiger charge is 2.28. The van der Waals surface area contributed by atoms with Crippen molar-refractivity contribution >= 4 is 27.5 Å². The molecule has 38 heavy (non-hydrogen) atoms. The average Bonchev–Trinajstić information content (AvgIpc) is 2.88. The molecule has 0 saturated heterocycles. The Morgan fingerprint density at radius 2 is 1.63 bits per heavy atom. The predicted octanol–water partition coefficient (Wildman–Crippen LogP) is 4.25. The molecule has 0 aliphatic rings. The molecule has 2 aromatic rings. The van der Waals surface area contributed by atoms with Crippen molar-refractivity contribution in [2.45, 2.75) is 59.4 Å². The van der Waals surface area contributed by atoms with Gasteiger partial charge in [-0.2, -0.15) is 0 Å². The van der Waals surface area contributed by atoms with Gasteiger partial charge in [0.05, 0.1) is 18.6 Å². The fourth-order valence-corrected chi connectivity index (χ4v) is 5.16. The summed E-state index contributed by atoms with van der Waals surface area (Å²) in [6.45, 7) is 9.46. The Balaban J connectivity index is 2.14. The van der Waals surface area contributed by atoms with Crippen molar-refractivity contribution in [3.63, 3.8) is 0 Å². The quantitative estimate of drug-likeness (QED) is 0.340. The van der Waals surface area contributed by atoms with Gasteiger partial charge in [-0.15, -0.1) is 0 Å². The highest BCUT2D eigenvalue weighted by molar-refractivity contribution is 7.92. The molecule has 0 radical (unpaired) electrons. The Labute approximate surface area is 228 Å². The molecule has 0 aliphatic carbocycles. The summed E-state index contributed by atoms with van der Waals surface area (Å²) in [5, 5.41) is 2.97. The van der Waals surface area contributed by atoms with Gasteiger partial charge in [0.15, 0.2) is 0 Å². The van der Waals surface area contributed by atoms with Gasteiger partial charge in [0, 0.05) is 26.1 Å². The molecule has 2 amide bonds. The molecule has 2 rings (SSSR count). The normalized spacial score (nSPS) is 12.2. The van der Waals surface area contributed by atoms with Crippen LogP contribution in [0.4, 0.5) is 5.69 Å². The first-order chi connectivity index (χ1) is 18.1. The van der Waals surface area contributed by atoms with E-state index < -0.39 is 16.1 Å². The van der Waals surface area contributed by atoms with Crippen molar-refractivity contribution < 1.29 is 22.7 Å². The van der Waals surface area contributed by atoms with Crippen LogP contribution < -0.4 is 14.4 Å². The molecule has 0 aromatic heterocycles. The van der Waals surface area contributed by atoms with Crippen LogP contribution in [0.15, 0.2) is 54.6 Å². The zero-order valence-electron chi connectivity index (χ0n) is 23.4. The van der Waals surface area contributed by atoms with Crippen LogP contribution in [-0.2, 0) is 26.0 Å². The predicted molar refractivity (Wildman–Crippen MR) is 153 cm³/mol. The maximum absolute atomic E-state index is 13.5. The topological polar surface area (TPSA) is 96.0 Å². The number of benzene rings is 2. The lowest BCUT2D eigenvalue weighted by Crippen LogP contribution is -2.50. The summed E-state index contributed by atoms with van der Waals surface area (Å²) >= 11 is 0. The minimum atomic E-state index is -3.55. The number of nitrogens with zero attached hydrogens (tertiary/aromatic N) is 2. The standard InChI is InChI=1S/C29H43N3O5S/c1-6-27(29(34)30-22-23(3)4)31(21-19-24-12-9-8-10-13-24)28(33)14-11-20-32(38(5,35)36)25-15-17-26(18-16-25)37-7-2/h8-10,12-13,15-18,23,27H,6-7,11,14,19-22H2,1-5H3,(H,30,34)/t27-/m1/s1. The molecule has 0 heterocycles. The molecule has 0 spiro atoms. The number of hydrogen-bond donors (Lipinski definition) is 1. The lowest BCUT2D eigenvalue weighted by Gasteiger charge is -2.31. The van der Waals surface area contributed by atoms with Crippen molar-refractivity contribution in [1.29, 1.82) is 0 Å². The SMILES string of the molecule is CCOc1ccc(N(CCCC(=O)N(CCc2ccccc2)[C@H](CC)C(=O)NCC(C)C)S(C)(=O)=O)cc1. The van der Waals surface area contributed by atoms with Gasteiger partial charge < -0.3 is 15.0 Å². The van der Waals surface area contributed by atoms with E-state index >= 15 is 0 Å². The number of rotatable bonds is 16. The van der Waals surface area contributed by atoms with Gasteiger partial charge in [-0.25, -0.2) is 8.42 Å². The molecule has 1 N–H and O–H groups in total. The van der Waals surface area contributed by atoms with Crippen LogP contribution in [-0.4, -0.2) is 63.7 Å². The number of amides is 2. The Kier molecular flexibility index (Phi) is 12.6. The van der Waals surface area contributed by atoms with E-state index in [-0.39, 0.29) is 24.8 Å². The molecule has 8 nitrogen and oxygen atoms in total. The van der Waals surface area contributed by atoms with E-state index in [1.165, 1.54) is 4.31 Å². The van der Waals surface area contributed by atoms with Crippen LogP contribution in [0.3, 0.4) is 0 Å². The average molecular weight is 546 g/mol. The molecule has 0 unspecified atom stereocenters. The number of ether oxygens (including phenoxy) is 1. The first kappa shape index (κ1) is 31.1. The zero-order valence-corrected chi connectivity index (χ0v) is 24.2. The summed E-state index contributed by atoms with van der Waals surface area (Å²) in [5.41, 5.74) is 1.60. The maximum Gasteiger partial charge on any atom is 0.242 e. The van der Waals surface area contributed by atoms with E-state index in [0.717, 1.165) is 11.8 Å². The first-order valence-corrected chi connectivity index (χ1v) is 15.2. The molecule has 2 aromatic carbocycles. The number of anilines is 1. The van der Waals surface area contributed by atoms with Crippen LogP contribution in [0, 0.1) is 5.92 Å². The van der Waals surface area contributed by atoms with Crippen LogP contribution >= 0.6 is 0 Å². The summed E-state index contributed by atoms with van der Waals surface area (Å²) < 4.78 is 31.8. The Hall–Kier alpha value is -3.07. The number of hydrogen-bond acceptors (Lipinski definition) is 5. The van der Waals surface area contributed by atoms with Crippen molar-refractivity contribution in [3.8, 4) is 5.75 Å². The number of carbonyl (C=O) groups is 2. The summed E-state index contributed by atoms with van der Waals surface area (Å²) in [6.07, 6.45) is 2.73. The van der Waals surface area contributed by atoms with E-state index in [9.17, 15) is 18.0 Å². The largest absolute Gasteiger partial charge is 0.494 e. The second kappa shape index (κ2) is 15.4. The number of sulfonamides is 1. The lowest BCUT2D eigenvalue weighted by molar-refractivity contribution is -0.140. The van der Waals surface area contributed by atoms with E-state index in [4.69, 9.17) is 4.74 Å². The Morgan fingerprint density at radius 3 is 2.18 bits per heavy atom. The maximum atomic E-state index is 13.5. The van der Waals surface area contributed by atoms with E-state index in [1.54, 1.807) is 29.2 Å². The first-order valence-electron chi connectivity index (χ1n) is 13.4. The van der Waals surface area contributed by atoms with Crippen LogP contribution in [0.2, 0.25) is 0 Å². The molecule has 0 saturated carbocycles. The minimum Gasteiger partial charge on any atom is -0.494 e. The molecule has 210 valence electrons. The van der Waals surface area contributed by atoms with Gasteiger partial charge in [0.1, 0.15) is 11.8 Å². The molecule has 0 aliphatic heterocycles. The minimum absolute atomic E-state index is 0.131. The van der Waals surface area contributed by atoms with Crippen molar-refractivity contribution in [2.75, 3.05) is 36.8 Å². The van der Waals surface area contributed by atoms with Gasteiger partial charge in [0.2, 0.25) is 21.8 Å². The fraction of sp³-hybridized carbons (Fsp3) is 0.517. The van der Waals surface area contributed by atoms with Crippen LogP contribution in [0.5, 0.6) is 5.75 Å². The molecule has 0 fully saturated rings. The van der Waals surface area contributed by atoms with Crippen molar-refractivity contribution in [3.05, 3.63) is 60.2 Å². The molecular formula is C29H43N3O5S. The third kappa shape index (κ3) is 10.0. The summed E-state index contributed by atoms with van der Waals surface area (Å²) in [7, 11) is -3.55. The van der Waals surface area contributed by atoms with Gasteiger partial charge in [0.25, 0.3) is 0 Å². The molecule has 1 atom stereocenters. The fourth-order valence-electron chi connectivity index (χ4n) is 4.20. The van der Waals surface area contributed by atoms with Crippen molar-refractivity contribution in [1.82, 2.24) is 10.2 Å². The second-order valence-corrected chi connectivity index (χ2v) is 11.7. The monoisotopic (exact) mass is 545 g/mol. The third-order valence-electron chi connectivity index (χ3n) is 6.14. The van der Waals surface area contributed by atoms with Gasteiger partial charge >= 0.3 is 0 Å². The Bertz CT molecular complexity index is 1100. The number of nitrogens with one attached hydrogen (secondary N) is 1. The number of carbonyl (C=O) groups excluding carboxylic acids is 2. The van der Waals surface area contributed by atoms with Crippen molar-refractivity contribution in [2.24, 2.45) is 5.92 Å². The molecular weight excluding hydrogens is 502 g/mol. The molecule has 0 bridgehead atoms. The van der Waals surface area contributed by atoms with E-state index in [2.05, 4.69) is 5.32 Å². The van der Waals surface area contributed by atoms with Crippen LogP contribution in [0.25, 0.3) is 0 Å². The van der Waals surface area contributed by atoms with Gasteiger partial charge in [-0.1, -0.05) is 51.1 Å². The summed E-state index contributed by atoms with van der Waals surface area (Å²) in [4.78, 5) is 28.1. The summed E-state index contributed by atoms with van der Waals surface area (Å²) in [5.74, 6) is 0.646. The lowest BCUT2D eigenvalue weighted by atomic mass is 10.1.